The fraction of sp³-hybridized carbons (Fsp3) is 0.455. The molecule has 1 aliphatic rings. The third kappa shape index (κ3) is 9.24. The number of morpholine rings is 1. The van der Waals surface area contributed by atoms with E-state index < -0.39 is 35.7 Å². The number of benzene rings is 2. The largest absolute Gasteiger partial charge is 0.416 e. The minimum atomic E-state index is -4.51. The summed E-state index contributed by atoms with van der Waals surface area (Å²) in [6, 6.07) is 9.17. The summed E-state index contributed by atoms with van der Waals surface area (Å²) in [5.74, 6) is 0. The molecule has 1 aliphatic heterocycles. The van der Waals surface area contributed by atoms with Gasteiger partial charge in [-0.1, -0.05) is 31.2 Å². The number of halogens is 6. The number of alkyl halides is 6. The molecule has 5 rings (SSSR count). The van der Waals surface area contributed by atoms with E-state index in [9.17, 15) is 36.6 Å². The second-order valence-corrected chi connectivity index (χ2v) is 13.5. The lowest BCUT2D eigenvalue weighted by Gasteiger charge is -2.27. The van der Waals surface area contributed by atoms with Gasteiger partial charge < -0.3 is 19.7 Å². The topological polar surface area (TPSA) is 91.2 Å². The number of nitrogens with zero attached hydrogens (tertiary/aromatic N) is 4. The Kier molecular flexibility index (Phi) is 12.1. The van der Waals surface area contributed by atoms with E-state index in [2.05, 4.69) is 4.90 Å². The van der Waals surface area contributed by atoms with Gasteiger partial charge in [0.25, 0.3) is 0 Å². The van der Waals surface area contributed by atoms with Crippen molar-refractivity contribution in [2.45, 2.75) is 44.6 Å². The lowest BCUT2D eigenvalue weighted by molar-refractivity contribution is -0.138. The van der Waals surface area contributed by atoms with E-state index in [-0.39, 0.29) is 6.54 Å². The van der Waals surface area contributed by atoms with Crippen LogP contribution in [0.25, 0.3) is 21.1 Å². The summed E-state index contributed by atoms with van der Waals surface area (Å²) in [6.07, 6.45) is -12.0. The number of methoxy groups -OCH3 is 1. The van der Waals surface area contributed by atoms with E-state index in [1.54, 1.807) is 7.11 Å². The zero-order chi connectivity index (χ0) is 35.3. The number of rotatable bonds is 13. The van der Waals surface area contributed by atoms with Crippen LogP contribution in [-0.2, 0) is 34.9 Å². The van der Waals surface area contributed by atoms with Crippen molar-refractivity contribution in [3.63, 3.8) is 0 Å². The molecular formula is C33H36F6N4O4S2. The molecular weight excluding hydrogens is 695 g/mol. The van der Waals surface area contributed by atoms with Crippen LogP contribution in [0.3, 0.4) is 0 Å². The van der Waals surface area contributed by atoms with Gasteiger partial charge in [0.2, 0.25) is 0 Å². The molecule has 266 valence electrons. The average molecular weight is 731 g/mol. The van der Waals surface area contributed by atoms with Gasteiger partial charge in [0.05, 0.1) is 52.1 Å². The molecule has 0 radical (unpaired) electrons. The highest BCUT2D eigenvalue weighted by Crippen LogP contribution is 2.43. The van der Waals surface area contributed by atoms with E-state index in [0.717, 1.165) is 46.9 Å². The van der Waals surface area contributed by atoms with Gasteiger partial charge in [0, 0.05) is 51.0 Å². The first-order chi connectivity index (χ1) is 23.3. The van der Waals surface area contributed by atoms with Crippen molar-refractivity contribution in [2.75, 3.05) is 53.1 Å². The van der Waals surface area contributed by atoms with Gasteiger partial charge in [-0.25, -0.2) is 9.97 Å². The summed E-state index contributed by atoms with van der Waals surface area (Å²) in [5, 5.41) is 24.3. The van der Waals surface area contributed by atoms with Crippen LogP contribution in [-0.4, -0.2) is 83.1 Å². The first-order valence-corrected chi connectivity index (χ1v) is 17.1. The van der Waals surface area contributed by atoms with Gasteiger partial charge in [-0.3, -0.25) is 9.80 Å². The Labute approximate surface area is 287 Å². The normalized spacial score (nSPS) is 16.0. The van der Waals surface area contributed by atoms with Crippen molar-refractivity contribution in [2.24, 2.45) is 0 Å². The maximum Gasteiger partial charge on any atom is 0.416 e. The average Bonchev–Trinajstić information content (AvgIpc) is 3.70. The van der Waals surface area contributed by atoms with Gasteiger partial charge in [-0.2, -0.15) is 26.3 Å². The lowest BCUT2D eigenvalue weighted by Crippen LogP contribution is -2.36. The summed E-state index contributed by atoms with van der Waals surface area (Å²) in [5.41, 5.74) is 0.160. The number of aliphatic hydroxyl groups is 2. The number of likely N-dealkylation sites (N-methyl/N-ethyl adjacent to an activating group) is 1. The quantitative estimate of drug-likeness (QED) is 0.142. The monoisotopic (exact) mass is 730 g/mol. The predicted molar refractivity (Wildman–Crippen MR) is 174 cm³/mol. The van der Waals surface area contributed by atoms with Gasteiger partial charge in [-0.15, -0.1) is 22.7 Å². The summed E-state index contributed by atoms with van der Waals surface area (Å²) in [4.78, 5) is 14.2. The van der Waals surface area contributed by atoms with Crippen molar-refractivity contribution in [3.05, 3.63) is 80.8 Å². The smallest absolute Gasteiger partial charge is 0.384 e. The van der Waals surface area contributed by atoms with Crippen LogP contribution < -0.4 is 0 Å². The number of thiazole rings is 2. The molecule has 2 N–H and O–H groups in total. The zero-order valence-electron chi connectivity index (χ0n) is 26.7. The predicted octanol–water partition coefficient (Wildman–Crippen LogP) is 7.04. The highest BCUT2D eigenvalue weighted by atomic mass is 32.1. The Balaban J connectivity index is 1.52. The molecule has 2 atom stereocenters. The molecule has 0 aliphatic carbocycles. The van der Waals surface area contributed by atoms with Crippen LogP contribution in [0.2, 0.25) is 0 Å². The first-order valence-electron chi connectivity index (χ1n) is 15.5. The Morgan fingerprint density at radius 1 is 0.816 bits per heavy atom. The minimum absolute atomic E-state index is 0.274. The van der Waals surface area contributed by atoms with Crippen LogP contribution in [0, 0.1) is 0 Å². The van der Waals surface area contributed by atoms with Crippen molar-refractivity contribution < 1.29 is 46.0 Å². The summed E-state index contributed by atoms with van der Waals surface area (Å²) < 4.78 is 90.1. The van der Waals surface area contributed by atoms with E-state index in [1.165, 1.54) is 24.3 Å². The van der Waals surface area contributed by atoms with E-state index in [1.807, 2.05) is 11.8 Å². The van der Waals surface area contributed by atoms with E-state index >= 15 is 0 Å². The molecule has 0 amide bonds. The molecule has 3 heterocycles. The molecule has 49 heavy (non-hydrogen) atoms. The third-order valence-corrected chi connectivity index (χ3v) is 10.6. The second kappa shape index (κ2) is 15.9. The number of hydrogen-bond donors (Lipinski definition) is 2. The molecule has 0 saturated carbocycles. The summed E-state index contributed by atoms with van der Waals surface area (Å²) in [7, 11) is 1.58. The SMILES string of the molecule is CCN(CCOC)Cc1nc(-c2ccc(C(F)(F)F)cc2)sc1C(O)C(O)c1sc(-c2ccc(C(F)(F)F)cc2)nc1CN1CCOCC1. The second-order valence-electron chi connectivity index (χ2n) is 11.4. The molecule has 1 fully saturated rings. The van der Waals surface area contributed by atoms with Crippen LogP contribution in [0.5, 0.6) is 0 Å². The summed E-state index contributed by atoms with van der Waals surface area (Å²) in [6.45, 7) is 6.35. The van der Waals surface area contributed by atoms with Crippen LogP contribution in [0.4, 0.5) is 26.3 Å². The Morgan fingerprint density at radius 2 is 1.29 bits per heavy atom. The van der Waals surface area contributed by atoms with Crippen molar-refractivity contribution in [3.8, 4) is 21.1 Å². The molecule has 2 aromatic heterocycles. The molecule has 0 bridgehead atoms. The fourth-order valence-electron chi connectivity index (χ4n) is 5.31. The van der Waals surface area contributed by atoms with Gasteiger partial charge in [0.1, 0.15) is 22.2 Å². The first kappa shape index (κ1) is 37.3. The van der Waals surface area contributed by atoms with Crippen LogP contribution in [0.15, 0.2) is 48.5 Å². The van der Waals surface area contributed by atoms with Crippen molar-refractivity contribution in [1.82, 2.24) is 19.8 Å². The van der Waals surface area contributed by atoms with Gasteiger partial charge in [-0.05, 0) is 30.8 Å². The number of hydrogen-bond acceptors (Lipinski definition) is 10. The Morgan fingerprint density at radius 3 is 1.73 bits per heavy atom. The third-order valence-electron chi connectivity index (χ3n) is 8.12. The summed E-state index contributed by atoms with van der Waals surface area (Å²) >= 11 is 2.15. The van der Waals surface area contributed by atoms with Crippen LogP contribution >= 0.6 is 22.7 Å². The molecule has 16 heteroatoms. The standard InChI is InChI=1S/C33H36F6N4O4S2/c1-3-42(12-15-46-2)18-24-28(48-30(40-24)20-4-8-22(9-5-20)32(34,35)36)26(44)27(45)29-25(19-43-13-16-47-17-14-43)41-31(49-29)21-6-10-23(11-7-21)33(37,38)39/h4-11,26-27,44-45H,3,12-19H2,1-2H3. The molecule has 1 saturated heterocycles. The van der Waals surface area contributed by atoms with Crippen molar-refractivity contribution in [1.29, 1.82) is 0 Å². The maximum atomic E-state index is 13.2. The maximum absolute atomic E-state index is 13.2. The van der Waals surface area contributed by atoms with Gasteiger partial charge in [0.15, 0.2) is 0 Å². The highest BCUT2D eigenvalue weighted by molar-refractivity contribution is 7.15. The molecule has 8 nitrogen and oxygen atoms in total. The fourth-order valence-corrected chi connectivity index (χ4v) is 7.50. The van der Waals surface area contributed by atoms with Gasteiger partial charge >= 0.3 is 12.4 Å². The number of ether oxygens (including phenoxy) is 2. The molecule has 4 aromatic rings. The Bertz CT molecular complexity index is 1660. The van der Waals surface area contributed by atoms with Crippen LogP contribution in [0.1, 0.15) is 51.4 Å². The Hall–Kier alpha value is -2.96. The zero-order valence-corrected chi connectivity index (χ0v) is 28.4. The number of aromatic nitrogens is 2. The van der Waals surface area contributed by atoms with Crippen molar-refractivity contribution >= 4 is 22.7 Å². The molecule has 2 unspecified atom stereocenters. The highest BCUT2D eigenvalue weighted by Gasteiger charge is 2.34. The molecule has 2 aromatic carbocycles. The minimum Gasteiger partial charge on any atom is -0.384 e. The lowest BCUT2D eigenvalue weighted by atomic mass is 10.1. The van der Waals surface area contributed by atoms with E-state index in [0.29, 0.717) is 94.8 Å². The molecule has 0 spiro atoms. The number of aliphatic hydroxyl groups excluding tert-OH is 2. The van der Waals surface area contributed by atoms with E-state index in [4.69, 9.17) is 19.4 Å².